The van der Waals surface area contributed by atoms with E-state index in [0.717, 1.165) is 73.8 Å². The van der Waals surface area contributed by atoms with E-state index in [1.54, 1.807) is 11.0 Å². The summed E-state index contributed by atoms with van der Waals surface area (Å²) in [5.74, 6) is -1.32. The predicted molar refractivity (Wildman–Crippen MR) is 141 cm³/mol. The highest BCUT2D eigenvalue weighted by atomic mass is 35.5. The van der Waals surface area contributed by atoms with Crippen molar-refractivity contribution in [3.8, 4) is 11.1 Å². The third-order valence-corrected chi connectivity index (χ3v) is 7.92. The summed E-state index contributed by atoms with van der Waals surface area (Å²) in [7, 11) is 0. The molecule has 2 aliphatic heterocycles. The second kappa shape index (κ2) is 11.3. The van der Waals surface area contributed by atoms with Crippen LogP contribution in [0.3, 0.4) is 0 Å². The van der Waals surface area contributed by atoms with Crippen molar-refractivity contribution in [3.05, 3.63) is 88.4 Å². The molecular formula is C30H27ClF2N2O4. The second-order valence-electron chi connectivity index (χ2n) is 10.3. The fourth-order valence-corrected chi connectivity index (χ4v) is 5.88. The van der Waals surface area contributed by atoms with Gasteiger partial charge in [-0.15, -0.1) is 0 Å². The van der Waals surface area contributed by atoms with Gasteiger partial charge in [-0.3, -0.25) is 9.80 Å². The number of likely N-dealkylation sites (tertiary alicyclic amines) is 1. The van der Waals surface area contributed by atoms with E-state index in [2.05, 4.69) is 11.0 Å². The monoisotopic (exact) mass is 552 g/mol. The number of para-hydroxylation sites is 1. The zero-order valence-electron chi connectivity index (χ0n) is 21.2. The van der Waals surface area contributed by atoms with E-state index in [4.69, 9.17) is 25.9 Å². The highest BCUT2D eigenvalue weighted by Gasteiger charge is 2.47. The Bertz CT molecular complexity index is 1400. The van der Waals surface area contributed by atoms with Crippen LogP contribution in [0.5, 0.6) is 0 Å². The zero-order chi connectivity index (χ0) is 27.6. The van der Waals surface area contributed by atoms with Crippen LogP contribution in [0, 0.1) is 11.6 Å². The van der Waals surface area contributed by atoms with E-state index >= 15 is 0 Å². The molecule has 1 amide bonds. The molecule has 39 heavy (non-hydrogen) atoms. The van der Waals surface area contributed by atoms with Crippen LogP contribution in [0.15, 0.2) is 60.7 Å². The maximum absolute atomic E-state index is 13.9. The predicted octanol–water partition coefficient (Wildman–Crippen LogP) is 6.57. The van der Waals surface area contributed by atoms with Gasteiger partial charge in [0, 0.05) is 48.7 Å². The van der Waals surface area contributed by atoms with Gasteiger partial charge in [-0.1, -0.05) is 41.9 Å². The fraction of sp³-hybridized carbons (Fsp3) is 0.333. The Morgan fingerprint density at radius 3 is 2.31 bits per heavy atom. The van der Waals surface area contributed by atoms with Gasteiger partial charge in [0.15, 0.2) is 11.6 Å². The number of piperidine rings is 1. The number of anilines is 1. The Balaban J connectivity index is 0.000000983. The molecule has 6 rings (SSSR count). The maximum atomic E-state index is 13.9. The Morgan fingerprint density at radius 1 is 0.974 bits per heavy atom. The van der Waals surface area contributed by atoms with Crippen LogP contribution in [0.2, 0.25) is 5.02 Å². The number of benzene rings is 3. The minimum atomic E-state index is -0.866. The van der Waals surface area contributed by atoms with E-state index < -0.39 is 17.2 Å². The molecule has 9 heteroatoms. The van der Waals surface area contributed by atoms with Crippen LogP contribution in [-0.2, 0) is 20.9 Å². The van der Waals surface area contributed by atoms with Gasteiger partial charge in [0.05, 0.1) is 6.54 Å². The molecule has 0 aromatic heterocycles. The summed E-state index contributed by atoms with van der Waals surface area (Å²) in [5.41, 5.74) is 4.05. The van der Waals surface area contributed by atoms with Crippen molar-refractivity contribution in [1.29, 1.82) is 0 Å². The molecule has 2 heterocycles. The molecule has 1 aliphatic carbocycles. The molecule has 0 unspecified atom stereocenters. The van der Waals surface area contributed by atoms with Gasteiger partial charge < -0.3 is 4.74 Å². The molecule has 1 spiro atoms. The minimum absolute atomic E-state index is 0.250. The van der Waals surface area contributed by atoms with Gasteiger partial charge in [0.1, 0.15) is 5.60 Å². The number of rotatable bonds is 5. The van der Waals surface area contributed by atoms with Crippen LogP contribution in [0.25, 0.3) is 11.1 Å². The van der Waals surface area contributed by atoms with Gasteiger partial charge in [0.25, 0.3) is 0 Å². The molecule has 2 saturated heterocycles. The van der Waals surface area contributed by atoms with Crippen molar-refractivity contribution < 1.29 is 27.9 Å². The lowest BCUT2D eigenvalue weighted by molar-refractivity contribution is -0.191. The molecule has 0 N–H and O–H groups in total. The fourth-order valence-electron chi connectivity index (χ4n) is 5.52. The van der Waals surface area contributed by atoms with Crippen LogP contribution in [0.1, 0.15) is 42.7 Å². The number of halogens is 3. The Kier molecular flexibility index (Phi) is 7.80. The molecule has 3 aromatic rings. The lowest BCUT2D eigenvalue weighted by Gasteiger charge is -2.37. The van der Waals surface area contributed by atoms with Crippen molar-refractivity contribution in [2.45, 2.75) is 43.7 Å². The lowest BCUT2D eigenvalue weighted by atomic mass is 9.90. The van der Waals surface area contributed by atoms with Crippen molar-refractivity contribution in [2.75, 3.05) is 24.5 Å². The van der Waals surface area contributed by atoms with Gasteiger partial charge >= 0.3 is 12.2 Å². The second-order valence-corrected chi connectivity index (χ2v) is 10.7. The summed E-state index contributed by atoms with van der Waals surface area (Å²) < 4.78 is 33.3. The molecule has 0 atom stereocenters. The summed E-state index contributed by atoms with van der Waals surface area (Å²) in [5, 5.41) is 0.567. The van der Waals surface area contributed by atoms with E-state index in [1.165, 1.54) is 6.07 Å². The highest BCUT2D eigenvalue weighted by Crippen LogP contribution is 2.47. The first-order valence-corrected chi connectivity index (χ1v) is 13.3. The van der Waals surface area contributed by atoms with Crippen molar-refractivity contribution in [3.63, 3.8) is 0 Å². The van der Waals surface area contributed by atoms with E-state index in [-0.39, 0.29) is 12.2 Å². The highest BCUT2D eigenvalue weighted by molar-refractivity contribution is 6.33. The zero-order valence-corrected chi connectivity index (χ0v) is 21.9. The van der Waals surface area contributed by atoms with Gasteiger partial charge in [-0.2, -0.15) is 9.59 Å². The van der Waals surface area contributed by atoms with Crippen LogP contribution in [-0.4, -0.2) is 42.4 Å². The molecule has 3 aromatic carbocycles. The van der Waals surface area contributed by atoms with Crippen LogP contribution < -0.4 is 4.90 Å². The quantitative estimate of drug-likeness (QED) is 0.358. The number of ether oxygens (including phenoxy) is 1. The van der Waals surface area contributed by atoms with Crippen LogP contribution in [0.4, 0.5) is 19.3 Å². The number of carbonyl (C=O) groups is 1. The topological polar surface area (TPSA) is 66.9 Å². The Morgan fingerprint density at radius 2 is 1.67 bits per heavy atom. The minimum Gasteiger partial charge on any atom is -0.441 e. The molecular weight excluding hydrogens is 526 g/mol. The van der Waals surface area contributed by atoms with E-state index in [9.17, 15) is 13.6 Å². The van der Waals surface area contributed by atoms with Crippen molar-refractivity contribution >= 4 is 29.5 Å². The van der Waals surface area contributed by atoms with Gasteiger partial charge in [0.2, 0.25) is 0 Å². The standard InChI is InChI=1S/C29H27ClF2N2O2.CO2/c30-24-15-19(14-23(20-6-7-20)27(24)21-8-9-25(31)26(32)16-21)17-33-12-10-29(11-13-33)18-34(28(35)36-29)22-4-2-1-3-5-22;2-1-3/h1-5,8-9,14-16,20H,6-7,10-13,17-18H2;. The molecule has 3 fully saturated rings. The smallest absolute Gasteiger partial charge is 0.415 e. The van der Waals surface area contributed by atoms with Crippen molar-refractivity contribution in [2.24, 2.45) is 0 Å². The number of nitrogens with zero attached hydrogens (tertiary/aromatic N) is 2. The molecule has 1 saturated carbocycles. The van der Waals surface area contributed by atoms with E-state index in [1.807, 2.05) is 36.4 Å². The number of hydrogen-bond donors (Lipinski definition) is 0. The Labute approximate surface area is 230 Å². The maximum Gasteiger partial charge on any atom is 0.415 e. The first-order valence-electron chi connectivity index (χ1n) is 12.9. The molecule has 202 valence electrons. The lowest BCUT2D eigenvalue weighted by Crippen LogP contribution is -2.46. The number of amides is 1. The van der Waals surface area contributed by atoms with E-state index in [0.29, 0.717) is 23.0 Å². The molecule has 0 radical (unpaired) electrons. The summed E-state index contributed by atoms with van der Waals surface area (Å²) in [6, 6.07) is 17.8. The summed E-state index contributed by atoms with van der Waals surface area (Å²) in [6.45, 7) is 2.95. The first-order chi connectivity index (χ1) is 18.8. The number of hydrogen-bond acceptors (Lipinski definition) is 5. The largest absolute Gasteiger partial charge is 0.441 e. The average Bonchev–Trinajstić information content (AvgIpc) is 3.72. The molecule has 6 nitrogen and oxygen atoms in total. The number of carbonyl (C=O) groups excluding carboxylic acids is 3. The molecule has 3 aliphatic rings. The average molecular weight is 553 g/mol. The normalized spacial score (nSPS) is 18.3. The SMILES string of the molecule is O=C1OC2(CCN(Cc3cc(Cl)c(-c4ccc(F)c(F)c4)c(C4CC4)c3)CC2)CN1c1ccccc1.O=C=O. The Hall–Kier alpha value is -3.58. The third kappa shape index (κ3) is 5.88. The summed E-state index contributed by atoms with van der Waals surface area (Å²) in [4.78, 5) is 32.9. The summed E-state index contributed by atoms with van der Waals surface area (Å²) >= 11 is 6.74. The molecule has 0 bridgehead atoms. The van der Waals surface area contributed by atoms with Gasteiger partial charge in [-0.25, -0.2) is 13.6 Å². The van der Waals surface area contributed by atoms with Crippen molar-refractivity contribution in [1.82, 2.24) is 4.90 Å². The third-order valence-electron chi connectivity index (χ3n) is 7.62. The van der Waals surface area contributed by atoms with Gasteiger partial charge in [-0.05, 0) is 65.8 Å². The van der Waals surface area contributed by atoms with Crippen LogP contribution >= 0.6 is 11.6 Å². The first kappa shape index (κ1) is 27.0. The summed E-state index contributed by atoms with van der Waals surface area (Å²) in [6.07, 6.45) is 3.68.